The van der Waals surface area contributed by atoms with E-state index >= 15 is 0 Å². The van der Waals surface area contributed by atoms with E-state index in [0.717, 1.165) is 22.1 Å². The predicted molar refractivity (Wildman–Crippen MR) is 121 cm³/mol. The molecule has 1 aromatic carbocycles. The Morgan fingerprint density at radius 3 is 2.58 bits per heavy atom. The zero-order chi connectivity index (χ0) is 26.0. The first kappa shape index (κ1) is 25.6. The van der Waals surface area contributed by atoms with Crippen LogP contribution < -0.4 is 0 Å². The lowest BCUT2D eigenvalue weighted by molar-refractivity contribution is -0.387. The highest BCUT2D eigenvalue weighted by molar-refractivity contribution is 7.99. The third-order valence-corrected chi connectivity index (χ3v) is 8.04. The molecule has 0 N–H and O–H groups in total. The lowest BCUT2D eigenvalue weighted by Gasteiger charge is -2.33. The summed E-state index contributed by atoms with van der Waals surface area (Å²) in [5, 5.41) is 22.4. The number of halogens is 2. The van der Waals surface area contributed by atoms with Gasteiger partial charge in [0.2, 0.25) is 15.9 Å². The number of carbonyl (C=O) groups is 1. The van der Waals surface area contributed by atoms with Crippen molar-refractivity contribution in [2.75, 3.05) is 31.9 Å². The summed E-state index contributed by atoms with van der Waals surface area (Å²) in [4.78, 5) is 24.1. The molecule has 0 atom stereocenters. The molecule has 36 heavy (non-hydrogen) atoms. The van der Waals surface area contributed by atoms with E-state index < -0.39 is 37.6 Å². The summed E-state index contributed by atoms with van der Waals surface area (Å²) in [6.07, 6.45) is -1.51. The number of hydrogen-bond donors (Lipinski definition) is 0. The number of hydrogen-bond acceptors (Lipinski definition) is 10. The molecule has 1 fully saturated rings. The van der Waals surface area contributed by atoms with Crippen molar-refractivity contribution in [1.82, 2.24) is 29.2 Å². The standard InChI is InChI=1S/C19H19F2N7O6S2/c1-25-10-12(16(24-25)17(20)21)18-22-23-19(34-18)35-11-15(29)26-6-8-27(9-7-26)36(32,33)14-5-3-2-4-13(14)28(30)31/h2-5,10,17H,6-9,11H2,1H3. The first-order valence-electron chi connectivity index (χ1n) is 10.4. The van der Waals surface area contributed by atoms with Crippen LogP contribution in [0.25, 0.3) is 11.5 Å². The minimum atomic E-state index is -4.12. The Morgan fingerprint density at radius 2 is 1.92 bits per heavy atom. The largest absolute Gasteiger partial charge is 0.411 e. The number of nitro groups is 1. The van der Waals surface area contributed by atoms with Gasteiger partial charge in [-0.15, -0.1) is 10.2 Å². The summed E-state index contributed by atoms with van der Waals surface area (Å²) in [6, 6.07) is 5.08. The van der Waals surface area contributed by atoms with Crippen molar-refractivity contribution in [2.24, 2.45) is 7.05 Å². The lowest BCUT2D eigenvalue weighted by atomic mass is 10.2. The Morgan fingerprint density at radius 1 is 1.22 bits per heavy atom. The molecular formula is C19H19F2N7O6S2. The van der Waals surface area contributed by atoms with E-state index in [-0.39, 0.29) is 54.5 Å². The van der Waals surface area contributed by atoms with E-state index in [2.05, 4.69) is 15.3 Å². The number of aromatic nitrogens is 4. The molecule has 0 unspecified atom stereocenters. The number of benzene rings is 1. The summed E-state index contributed by atoms with van der Waals surface area (Å²) in [5.74, 6) is -0.577. The van der Waals surface area contributed by atoms with Gasteiger partial charge in [0.25, 0.3) is 23.2 Å². The number of sulfonamides is 1. The van der Waals surface area contributed by atoms with Gasteiger partial charge in [0.05, 0.1) is 16.2 Å². The fourth-order valence-electron chi connectivity index (χ4n) is 3.57. The summed E-state index contributed by atoms with van der Waals surface area (Å²) >= 11 is 0.914. The lowest BCUT2D eigenvalue weighted by Crippen LogP contribution is -2.51. The molecule has 1 amide bonds. The van der Waals surface area contributed by atoms with Gasteiger partial charge in [0.1, 0.15) is 5.69 Å². The number of piperazine rings is 1. The van der Waals surface area contributed by atoms with Crippen molar-refractivity contribution in [1.29, 1.82) is 0 Å². The molecule has 13 nitrogen and oxygen atoms in total. The first-order valence-corrected chi connectivity index (χ1v) is 12.8. The van der Waals surface area contributed by atoms with E-state index in [0.29, 0.717) is 0 Å². The number of aryl methyl sites for hydroxylation is 1. The average Bonchev–Trinajstić information content (AvgIpc) is 3.49. The molecule has 1 aliphatic heterocycles. The van der Waals surface area contributed by atoms with Crippen LogP contribution in [0.5, 0.6) is 0 Å². The highest BCUT2D eigenvalue weighted by Crippen LogP contribution is 2.31. The molecule has 0 aliphatic carbocycles. The van der Waals surface area contributed by atoms with Gasteiger partial charge < -0.3 is 9.32 Å². The molecule has 192 valence electrons. The van der Waals surface area contributed by atoms with Gasteiger partial charge in [0.15, 0.2) is 4.90 Å². The Labute approximate surface area is 207 Å². The Bertz CT molecular complexity index is 1390. The number of carbonyl (C=O) groups excluding carboxylic acids is 1. The van der Waals surface area contributed by atoms with Gasteiger partial charge in [0, 0.05) is 45.5 Å². The quantitative estimate of drug-likeness (QED) is 0.234. The molecule has 0 saturated carbocycles. The minimum absolute atomic E-state index is 0.0000188. The smallest absolute Gasteiger partial charge is 0.289 e. The summed E-state index contributed by atoms with van der Waals surface area (Å²) in [7, 11) is -2.64. The van der Waals surface area contributed by atoms with E-state index in [1.54, 1.807) is 0 Å². The number of para-hydroxylation sites is 1. The summed E-state index contributed by atoms with van der Waals surface area (Å²) in [6.45, 7) is 0.101. The molecule has 0 bridgehead atoms. The maximum atomic E-state index is 13.2. The maximum Gasteiger partial charge on any atom is 0.289 e. The van der Waals surface area contributed by atoms with Crippen molar-refractivity contribution in [3.05, 3.63) is 46.3 Å². The second-order valence-electron chi connectivity index (χ2n) is 7.57. The van der Waals surface area contributed by atoms with Crippen molar-refractivity contribution < 1.29 is 31.3 Å². The van der Waals surface area contributed by atoms with E-state index in [1.807, 2.05) is 0 Å². The molecule has 17 heteroatoms. The molecule has 2 aromatic heterocycles. The first-order chi connectivity index (χ1) is 17.1. The second-order valence-corrected chi connectivity index (χ2v) is 10.4. The van der Waals surface area contributed by atoms with E-state index in [4.69, 9.17) is 4.42 Å². The molecule has 3 aromatic rings. The molecular weight excluding hydrogens is 524 g/mol. The van der Waals surface area contributed by atoms with Crippen molar-refractivity contribution in [3.8, 4) is 11.5 Å². The fourth-order valence-corrected chi connectivity index (χ4v) is 5.81. The third-order valence-electron chi connectivity index (χ3n) is 5.29. The number of nitro benzene ring substituents is 1. The third kappa shape index (κ3) is 5.21. The highest BCUT2D eigenvalue weighted by atomic mass is 32.2. The fraction of sp³-hybridized carbons (Fsp3) is 0.368. The maximum absolute atomic E-state index is 13.2. The molecule has 1 saturated heterocycles. The van der Waals surface area contributed by atoms with Crippen LogP contribution in [-0.4, -0.2) is 80.4 Å². The number of rotatable bonds is 8. The molecule has 3 heterocycles. The van der Waals surface area contributed by atoms with Crippen LogP contribution in [0.2, 0.25) is 0 Å². The topological polar surface area (TPSA) is 158 Å². The van der Waals surface area contributed by atoms with Crippen LogP contribution in [0, 0.1) is 10.1 Å². The van der Waals surface area contributed by atoms with Gasteiger partial charge in [-0.05, 0) is 6.07 Å². The van der Waals surface area contributed by atoms with Crippen molar-refractivity contribution in [3.63, 3.8) is 0 Å². The number of nitrogens with zero attached hydrogens (tertiary/aromatic N) is 7. The van der Waals surface area contributed by atoms with Crippen LogP contribution in [0.4, 0.5) is 14.5 Å². The van der Waals surface area contributed by atoms with Crippen LogP contribution in [-0.2, 0) is 21.9 Å². The van der Waals surface area contributed by atoms with Gasteiger partial charge >= 0.3 is 0 Å². The van der Waals surface area contributed by atoms with Crippen LogP contribution in [0.3, 0.4) is 0 Å². The Kier molecular flexibility index (Phi) is 7.32. The Hall–Kier alpha value is -3.44. The van der Waals surface area contributed by atoms with Gasteiger partial charge in [-0.3, -0.25) is 19.6 Å². The van der Waals surface area contributed by atoms with Gasteiger partial charge in [-0.25, -0.2) is 17.2 Å². The molecule has 4 rings (SSSR count). The number of amides is 1. The summed E-state index contributed by atoms with van der Waals surface area (Å²) < 4.78 is 59.8. The Balaban J connectivity index is 1.35. The van der Waals surface area contributed by atoms with E-state index in [1.165, 1.54) is 41.0 Å². The van der Waals surface area contributed by atoms with Crippen molar-refractivity contribution >= 4 is 33.4 Å². The van der Waals surface area contributed by atoms with Gasteiger partial charge in [-0.2, -0.15) is 9.40 Å². The molecule has 0 radical (unpaired) electrons. The van der Waals surface area contributed by atoms with Crippen LogP contribution >= 0.6 is 11.8 Å². The van der Waals surface area contributed by atoms with Crippen molar-refractivity contribution in [2.45, 2.75) is 16.5 Å². The second kappa shape index (κ2) is 10.3. The SMILES string of the molecule is Cn1cc(-c2nnc(SCC(=O)N3CCN(S(=O)(=O)c4ccccc4[N+](=O)[O-])CC3)o2)c(C(F)F)n1. The van der Waals surface area contributed by atoms with Gasteiger partial charge in [-0.1, -0.05) is 23.9 Å². The average molecular weight is 544 g/mol. The van der Waals surface area contributed by atoms with Crippen LogP contribution in [0.15, 0.2) is 45.0 Å². The monoisotopic (exact) mass is 543 g/mol. The predicted octanol–water partition coefficient (Wildman–Crippen LogP) is 1.94. The van der Waals surface area contributed by atoms with Crippen LogP contribution in [0.1, 0.15) is 12.1 Å². The van der Waals surface area contributed by atoms with E-state index in [9.17, 15) is 32.1 Å². The molecule has 1 aliphatic rings. The zero-order valence-electron chi connectivity index (χ0n) is 18.7. The zero-order valence-corrected chi connectivity index (χ0v) is 20.3. The highest BCUT2D eigenvalue weighted by Gasteiger charge is 2.34. The number of thioether (sulfide) groups is 1. The minimum Gasteiger partial charge on any atom is -0.411 e. The summed E-state index contributed by atoms with van der Waals surface area (Å²) in [5.41, 5.74) is -1.02. The normalized spacial score (nSPS) is 14.9. The number of alkyl halides is 2. The molecule has 0 spiro atoms.